The van der Waals surface area contributed by atoms with Crippen molar-refractivity contribution >= 4 is 40.7 Å². The number of ether oxygens (including phenoxy) is 1. The van der Waals surface area contributed by atoms with Crippen LogP contribution in [0.1, 0.15) is 60.3 Å². The fourth-order valence-corrected chi connectivity index (χ4v) is 5.57. The second kappa shape index (κ2) is 12.1. The molecule has 1 saturated heterocycles. The predicted molar refractivity (Wildman–Crippen MR) is 130 cm³/mol. The van der Waals surface area contributed by atoms with Crippen LogP contribution in [-0.4, -0.2) is 76.5 Å². The summed E-state index contributed by atoms with van der Waals surface area (Å²) in [5.74, 6) is 1.61. The monoisotopic (exact) mass is 528 g/mol. The third kappa shape index (κ3) is 7.72. The first kappa shape index (κ1) is 26.1. The Morgan fingerprint density at radius 1 is 1.25 bits per heavy atom. The summed E-state index contributed by atoms with van der Waals surface area (Å²) < 4.78 is 18.0. The number of nitrogens with zero attached hydrogens (tertiary/aromatic N) is 2. The number of hydrogen-bond acceptors (Lipinski definition) is 4. The number of nitrogens with one attached hydrogen (secondary N) is 2. The van der Waals surface area contributed by atoms with E-state index in [2.05, 4.69) is 48.2 Å². The fraction of sp³-hybridized carbons (Fsp3) is 0.950. The van der Waals surface area contributed by atoms with Crippen molar-refractivity contribution in [1.29, 1.82) is 0 Å². The Bertz CT molecular complexity index is 522. The van der Waals surface area contributed by atoms with E-state index in [-0.39, 0.29) is 41.7 Å². The van der Waals surface area contributed by atoms with Gasteiger partial charge in [0, 0.05) is 60.1 Å². The van der Waals surface area contributed by atoms with Crippen LogP contribution in [0, 0.1) is 0 Å². The molecular formula is C20H41IN4O2S. The highest BCUT2D eigenvalue weighted by Gasteiger charge is 2.33. The van der Waals surface area contributed by atoms with E-state index in [4.69, 9.17) is 4.74 Å². The van der Waals surface area contributed by atoms with Crippen molar-refractivity contribution in [3.63, 3.8) is 0 Å². The Kier molecular flexibility index (Phi) is 11.2. The van der Waals surface area contributed by atoms with E-state index in [0.29, 0.717) is 11.3 Å². The number of aliphatic imine (C=N–C) groups is 1. The molecule has 2 N–H and O–H groups in total. The normalized spacial score (nSPS) is 31.0. The number of morpholine rings is 1. The van der Waals surface area contributed by atoms with Gasteiger partial charge in [-0.3, -0.25) is 14.1 Å². The molecule has 0 spiro atoms. The quantitative estimate of drug-likeness (QED) is 0.316. The van der Waals surface area contributed by atoms with Crippen LogP contribution >= 0.6 is 24.0 Å². The summed E-state index contributed by atoms with van der Waals surface area (Å²) in [6, 6.07) is 0.358. The smallest absolute Gasteiger partial charge is 0.191 e. The van der Waals surface area contributed by atoms with Crippen molar-refractivity contribution in [2.75, 3.05) is 32.4 Å². The molecule has 0 amide bonds. The molecule has 0 aromatic carbocycles. The van der Waals surface area contributed by atoms with Crippen LogP contribution in [0.5, 0.6) is 0 Å². The Morgan fingerprint density at radius 3 is 2.46 bits per heavy atom. The van der Waals surface area contributed by atoms with Crippen LogP contribution in [0.25, 0.3) is 0 Å². The van der Waals surface area contributed by atoms with Crippen molar-refractivity contribution in [1.82, 2.24) is 15.5 Å². The molecule has 1 saturated carbocycles. The number of halogens is 1. The highest BCUT2D eigenvalue weighted by Crippen LogP contribution is 2.23. The largest absolute Gasteiger partial charge is 0.373 e. The van der Waals surface area contributed by atoms with Crippen molar-refractivity contribution in [3.8, 4) is 0 Å². The molecule has 28 heavy (non-hydrogen) atoms. The molecule has 2 aliphatic rings. The van der Waals surface area contributed by atoms with Crippen molar-refractivity contribution < 1.29 is 8.95 Å². The first-order chi connectivity index (χ1) is 12.7. The molecular weight excluding hydrogens is 487 g/mol. The van der Waals surface area contributed by atoms with E-state index in [9.17, 15) is 4.21 Å². The Morgan fingerprint density at radius 2 is 1.89 bits per heavy atom. The molecule has 5 unspecified atom stereocenters. The number of hydrogen-bond donors (Lipinski definition) is 2. The fourth-order valence-electron chi connectivity index (χ4n) is 4.22. The lowest BCUT2D eigenvalue weighted by Crippen LogP contribution is -2.60. The maximum absolute atomic E-state index is 12.2. The Balaban J connectivity index is 0.00000392. The molecule has 0 radical (unpaired) electrons. The van der Waals surface area contributed by atoms with Crippen LogP contribution in [0.2, 0.25) is 0 Å². The summed E-state index contributed by atoms with van der Waals surface area (Å²) in [6.07, 6.45) is 4.86. The van der Waals surface area contributed by atoms with Crippen LogP contribution in [0.15, 0.2) is 4.99 Å². The van der Waals surface area contributed by atoms with E-state index in [1.807, 2.05) is 14.0 Å². The molecule has 0 aromatic rings. The van der Waals surface area contributed by atoms with E-state index in [1.54, 1.807) is 0 Å². The van der Waals surface area contributed by atoms with Gasteiger partial charge in [-0.1, -0.05) is 13.3 Å². The van der Waals surface area contributed by atoms with Gasteiger partial charge in [0.2, 0.25) is 0 Å². The molecule has 1 heterocycles. The molecule has 8 heteroatoms. The van der Waals surface area contributed by atoms with E-state index >= 15 is 0 Å². The van der Waals surface area contributed by atoms with E-state index in [0.717, 1.165) is 57.0 Å². The molecule has 5 atom stereocenters. The van der Waals surface area contributed by atoms with Gasteiger partial charge in [0.15, 0.2) is 5.96 Å². The van der Waals surface area contributed by atoms with Crippen LogP contribution in [0.4, 0.5) is 0 Å². The summed E-state index contributed by atoms with van der Waals surface area (Å²) >= 11 is 0. The lowest BCUT2D eigenvalue weighted by atomic mass is 9.95. The van der Waals surface area contributed by atoms with Gasteiger partial charge >= 0.3 is 0 Å². The minimum atomic E-state index is -0.698. The average Bonchev–Trinajstić information content (AvgIpc) is 2.63. The Hall–Kier alpha value is 0.0700. The first-order valence-electron chi connectivity index (χ1n) is 10.5. The predicted octanol–water partition coefficient (Wildman–Crippen LogP) is 2.74. The van der Waals surface area contributed by atoms with Gasteiger partial charge in [-0.25, -0.2) is 0 Å². The first-order valence-corrected chi connectivity index (χ1v) is 11.9. The maximum Gasteiger partial charge on any atom is 0.191 e. The lowest BCUT2D eigenvalue weighted by Gasteiger charge is -2.45. The molecule has 1 aliphatic carbocycles. The molecule has 2 fully saturated rings. The summed E-state index contributed by atoms with van der Waals surface area (Å²) in [4.78, 5) is 6.93. The molecule has 1 aliphatic heterocycles. The Labute approximate surface area is 191 Å². The van der Waals surface area contributed by atoms with Gasteiger partial charge in [0.25, 0.3) is 0 Å². The van der Waals surface area contributed by atoms with Gasteiger partial charge in [0.05, 0.1) is 12.2 Å². The zero-order valence-electron chi connectivity index (χ0n) is 18.5. The van der Waals surface area contributed by atoms with Gasteiger partial charge in [-0.15, -0.1) is 24.0 Å². The minimum Gasteiger partial charge on any atom is -0.373 e. The SMILES string of the molecule is CCS(=O)C1CCCC(NC(=NC)NCC(C)(C)N2CC(C)OC(C)C2)C1.I. The molecule has 0 bridgehead atoms. The second-order valence-corrected chi connectivity index (χ2v) is 10.7. The highest BCUT2D eigenvalue weighted by atomic mass is 127. The average molecular weight is 529 g/mol. The van der Waals surface area contributed by atoms with Gasteiger partial charge in [-0.05, 0) is 47.0 Å². The maximum atomic E-state index is 12.2. The van der Waals surface area contributed by atoms with Crippen LogP contribution in [0.3, 0.4) is 0 Å². The summed E-state index contributed by atoms with van der Waals surface area (Å²) in [6.45, 7) is 13.6. The zero-order valence-corrected chi connectivity index (χ0v) is 21.6. The summed E-state index contributed by atoms with van der Waals surface area (Å²) in [7, 11) is 1.13. The molecule has 166 valence electrons. The van der Waals surface area contributed by atoms with Crippen molar-refractivity contribution in [2.24, 2.45) is 4.99 Å². The van der Waals surface area contributed by atoms with Crippen molar-refractivity contribution in [3.05, 3.63) is 0 Å². The molecule has 6 nitrogen and oxygen atoms in total. The minimum absolute atomic E-state index is 0. The van der Waals surface area contributed by atoms with Gasteiger partial charge in [0.1, 0.15) is 0 Å². The highest BCUT2D eigenvalue weighted by molar-refractivity contribution is 14.0. The third-order valence-electron chi connectivity index (χ3n) is 5.81. The number of rotatable bonds is 6. The van der Waals surface area contributed by atoms with Crippen molar-refractivity contribution in [2.45, 2.75) is 89.3 Å². The second-order valence-electron chi connectivity index (χ2n) is 8.70. The third-order valence-corrected chi connectivity index (χ3v) is 7.55. The van der Waals surface area contributed by atoms with Gasteiger partial charge in [-0.2, -0.15) is 0 Å². The van der Waals surface area contributed by atoms with Crippen LogP contribution in [-0.2, 0) is 15.5 Å². The van der Waals surface area contributed by atoms with Crippen LogP contribution < -0.4 is 10.6 Å². The molecule has 0 aromatic heterocycles. The zero-order chi connectivity index (χ0) is 20.0. The van der Waals surface area contributed by atoms with Gasteiger partial charge < -0.3 is 15.4 Å². The summed E-state index contributed by atoms with van der Waals surface area (Å²) in [5.41, 5.74) is 0.0166. The van der Waals surface area contributed by atoms with E-state index in [1.165, 1.54) is 0 Å². The lowest BCUT2D eigenvalue weighted by molar-refractivity contribution is -0.0946. The topological polar surface area (TPSA) is 66.0 Å². The molecule has 2 rings (SSSR count). The number of guanidine groups is 1. The van der Waals surface area contributed by atoms with E-state index < -0.39 is 10.8 Å². The summed E-state index contributed by atoms with van der Waals surface area (Å²) in [5, 5.41) is 7.42. The standard InChI is InChI=1S/C20H40N4O2S.HI/c1-7-27(25)18-10-8-9-17(11-18)23-19(21-6)22-14-20(4,5)24-12-15(2)26-16(3)13-24;/h15-18H,7-14H2,1-6H3,(H2,21,22,23);1H.